The second-order valence-electron chi connectivity index (χ2n) is 5.15. The molecule has 1 heterocycles. The molecule has 2 N–H and O–H groups in total. The molecule has 1 aromatic carbocycles. The first kappa shape index (κ1) is 13.3. The van der Waals surface area contributed by atoms with Crippen LogP contribution in [0.25, 0.3) is 0 Å². The number of halogens is 1. The summed E-state index contributed by atoms with van der Waals surface area (Å²) in [5.74, 6) is -0.0732. The minimum atomic E-state index is -0.642. The third-order valence-corrected chi connectivity index (χ3v) is 3.19. The van der Waals surface area contributed by atoms with Gasteiger partial charge in [0.25, 0.3) is 0 Å². The molecule has 0 aromatic heterocycles. The smallest absolute Gasteiger partial charge is 0.238 e. The molecule has 1 aliphatic heterocycles. The Kier molecular flexibility index (Phi) is 3.61. The Morgan fingerprint density at radius 1 is 1.56 bits per heavy atom. The summed E-state index contributed by atoms with van der Waals surface area (Å²) >= 11 is 5.85. The highest BCUT2D eigenvalue weighted by Gasteiger charge is 2.37. The first-order chi connectivity index (χ1) is 8.35. The number of rotatable bonds is 3. The molecular formula is C13H17ClN2O2. The van der Waals surface area contributed by atoms with Gasteiger partial charge in [-0.25, -0.2) is 0 Å². The summed E-state index contributed by atoms with van der Waals surface area (Å²) in [5.41, 5.74) is 1.07. The van der Waals surface area contributed by atoms with E-state index in [-0.39, 0.29) is 5.91 Å². The summed E-state index contributed by atoms with van der Waals surface area (Å²) in [6.07, 6.45) is 0. The van der Waals surface area contributed by atoms with Gasteiger partial charge < -0.3 is 10.4 Å². The number of nitrogens with zero attached hydrogens (tertiary/aromatic N) is 1. The molecule has 5 heteroatoms. The number of likely N-dealkylation sites (tertiary alicyclic amines) is 1. The van der Waals surface area contributed by atoms with Crippen LogP contribution in [0.1, 0.15) is 12.5 Å². The van der Waals surface area contributed by atoms with Gasteiger partial charge in [0, 0.05) is 23.8 Å². The van der Waals surface area contributed by atoms with Crippen LogP contribution < -0.4 is 5.32 Å². The van der Waals surface area contributed by atoms with Gasteiger partial charge in [-0.2, -0.15) is 0 Å². The van der Waals surface area contributed by atoms with Gasteiger partial charge in [-0.3, -0.25) is 9.69 Å². The van der Waals surface area contributed by atoms with Crippen molar-refractivity contribution in [1.29, 1.82) is 0 Å². The van der Waals surface area contributed by atoms with E-state index in [1.165, 1.54) is 0 Å². The van der Waals surface area contributed by atoms with E-state index in [0.29, 0.717) is 24.7 Å². The Balaban J connectivity index is 1.88. The molecule has 1 aromatic rings. The van der Waals surface area contributed by atoms with Crippen LogP contribution in [0.15, 0.2) is 18.2 Å². The van der Waals surface area contributed by atoms with Crippen molar-refractivity contribution >= 4 is 23.2 Å². The zero-order chi connectivity index (χ0) is 13.3. The molecular weight excluding hydrogens is 252 g/mol. The SMILES string of the molecule is Cc1cc(Cl)ccc1NC(=O)CN1CC(C)(O)C1. The van der Waals surface area contributed by atoms with Crippen LogP contribution in [-0.4, -0.2) is 41.1 Å². The maximum atomic E-state index is 11.8. The number of carbonyl (C=O) groups is 1. The maximum absolute atomic E-state index is 11.8. The molecule has 2 rings (SSSR count). The number of aryl methyl sites for hydroxylation is 1. The van der Waals surface area contributed by atoms with Crippen molar-refractivity contribution in [2.75, 3.05) is 25.0 Å². The lowest BCUT2D eigenvalue weighted by molar-refractivity contribution is -0.125. The maximum Gasteiger partial charge on any atom is 0.238 e. The minimum absolute atomic E-state index is 0.0732. The zero-order valence-corrected chi connectivity index (χ0v) is 11.3. The Labute approximate surface area is 112 Å². The topological polar surface area (TPSA) is 52.6 Å². The molecule has 0 atom stereocenters. The van der Waals surface area contributed by atoms with E-state index < -0.39 is 5.60 Å². The fourth-order valence-corrected chi connectivity index (χ4v) is 2.42. The van der Waals surface area contributed by atoms with Gasteiger partial charge in [-0.15, -0.1) is 0 Å². The van der Waals surface area contributed by atoms with Crippen LogP contribution in [-0.2, 0) is 4.79 Å². The Morgan fingerprint density at radius 3 is 2.78 bits per heavy atom. The number of hydrogen-bond donors (Lipinski definition) is 2. The number of carbonyl (C=O) groups excluding carboxylic acids is 1. The summed E-state index contributed by atoms with van der Waals surface area (Å²) in [5, 5.41) is 13.1. The van der Waals surface area contributed by atoms with E-state index >= 15 is 0 Å². The highest BCUT2D eigenvalue weighted by molar-refractivity contribution is 6.30. The number of hydrogen-bond acceptors (Lipinski definition) is 3. The summed E-state index contributed by atoms with van der Waals surface area (Å²) in [6, 6.07) is 5.35. The van der Waals surface area contributed by atoms with Crippen molar-refractivity contribution in [2.45, 2.75) is 19.4 Å². The molecule has 18 heavy (non-hydrogen) atoms. The zero-order valence-electron chi connectivity index (χ0n) is 10.5. The Hall–Kier alpha value is -1.10. The number of β-amino-alcohol motifs (C(OH)–C–C–N with tert-alkyl or cyclic N) is 1. The Bertz CT molecular complexity index is 466. The third kappa shape index (κ3) is 3.22. The molecule has 0 aliphatic carbocycles. The standard InChI is InChI=1S/C13H17ClN2O2/c1-9-5-10(14)3-4-11(9)15-12(17)6-16-7-13(2,18)8-16/h3-5,18H,6-8H2,1-2H3,(H,15,17). The lowest BCUT2D eigenvalue weighted by atomic mass is 9.97. The summed E-state index contributed by atoms with van der Waals surface area (Å²) < 4.78 is 0. The number of anilines is 1. The van der Waals surface area contributed by atoms with Crippen molar-refractivity contribution in [1.82, 2.24) is 4.90 Å². The van der Waals surface area contributed by atoms with Crippen LogP contribution in [0.4, 0.5) is 5.69 Å². The molecule has 0 bridgehead atoms. The van der Waals surface area contributed by atoms with Crippen LogP contribution >= 0.6 is 11.6 Å². The van der Waals surface area contributed by atoms with Gasteiger partial charge in [0.1, 0.15) is 0 Å². The lowest BCUT2D eigenvalue weighted by Gasteiger charge is -2.43. The summed E-state index contributed by atoms with van der Waals surface area (Å²) in [4.78, 5) is 13.7. The molecule has 98 valence electrons. The lowest BCUT2D eigenvalue weighted by Crippen LogP contribution is -2.61. The third-order valence-electron chi connectivity index (χ3n) is 2.96. The van der Waals surface area contributed by atoms with Crippen LogP contribution in [0.3, 0.4) is 0 Å². The van der Waals surface area contributed by atoms with E-state index in [1.54, 1.807) is 19.1 Å². The van der Waals surface area contributed by atoms with Crippen molar-refractivity contribution < 1.29 is 9.90 Å². The predicted molar refractivity (Wildman–Crippen MR) is 71.9 cm³/mol. The number of nitrogens with one attached hydrogen (secondary N) is 1. The first-order valence-corrected chi connectivity index (χ1v) is 6.24. The molecule has 1 fully saturated rings. The molecule has 1 aliphatic rings. The average Bonchev–Trinajstić information content (AvgIpc) is 2.19. The molecule has 0 saturated carbocycles. The van der Waals surface area contributed by atoms with Gasteiger partial charge in [0.05, 0.1) is 12.1 Å². The summed E-state index contributed by atoms with van der Waals surface area (Å²) in [7, 11) is 0. The van der Waals surface area contributed by atoms with Gasteiger partial charge in [-0.1, -0.05) is 11.6 Å². The quantitative estimate of drug-likeness (QED) is 0.877. The Morgan fingerprint density at radius 2 is 2.22 bits per heavy atom. The van der Waals surface area contributed by atoms with Gasteiger partial charge >= 0.3 is 0 Å². The second kappa shape index (κ2) is 4.88. The van der Waals surface area contributed by atoms with Crippen LogP contribution in [0.2, 0.25) is 5.02 Å². The van der Waals surface area contributed by atoms with Gasteiger partial charge in [-0.05, 0) is 37.6 Å². The van der Waals surface area contributed by atoms with E-state index in [2.05, 4.69) is 5.32 Å². The largest absolute Gasteiger partial charge is 0.388 e. The van der Waals surface area contributed by atoms with Gasteiger partial charge in [0.2, 0.25) is 5.91 Å². The van der Waals surface area contributed by atoms with E-state index in [4.69, 9.17) is 11.6 Å². The van der Waals surface area contributed by atoms with E-state index in [1.807, 2.05) is 17.9 Å². The van der Waals surface area contributed by atoms with Crippen LogP contribution in [0, 0.1) is 6.92 Å². The average molecular weight is 269 g/mol. The molecule has 0 radical (unpaired) electrons. The van der Waals surface area contributed by atoms with Crippen LogP contribution in [0.5, 0.6) is 0 Å². The fourth-order valence-electron chi connectivity index (χ4n) is 2.19. The molecule has 1 amide bonds. The van der Waals surface area contributed by atoms with Gasteiger partial charge in [0.15, 0.2) is 0 Å². The normalized spacial score (nSPS) is 18.2. The van der Waals surface area contributed by atoms with Crippen molar-refractivity contribution in [3.63, 3.8) is 0 Å². The highest BCUT2D eigenvalue weighted by Crippen LogP contribution is 2.21. The minimum Gasteiger partial charge on any atom is -0.388 e. The first-order valence-electron chi connectivity index (χ1n) is 5.86. The molecule has 0 unspecified atom stereocenters. The fraction of sp³-hybridized carbons (Fsp3) is 0.462. The second-order valence-corrected chi connectivity index (χ2v) is 5.59. The predicted octanol–water partition coefficient (Wildman–Crippen LogP) is 1.65. The highest BCUT2D eigenvalue weighted by atomic mass is 35.5. The number of amides is 1. The molecule has 0 spiro atoms. The summed E-state index contributed by atoms with van der Waals surface area (Å²) in [6.45, 7) is 5.05. The van der Waals surface area contributed by atoms with Crippen molar-refractivity contribution in [3.8, 4) is 0 Å². The van der Waals surface area contributed by atoms with E-state index in [0.717, 1.165) is 11.3 Å². The van der Waals surface area contributed by atoms with Crippen molar-refractivity contribution in [2.24, 2.45) is 0 Å². The number of benzene rings is 1. The molecule has 1 saturated heterocycles. The monoisotopic (exact) mass is 268 g/mol. The van der Waals surface area contributed by atoms with Crippen molar-refractivity contribution in [3.05, 3.63) is 28.8 Å². The molecule has 4 nitrogen and oxygen atoms in total. The van der Waals surface area contributed by atoms with E-state index in [9.17, 15) is 9.90 Å². The number of aliphatic hydroxyl groups is 1.